The number of nitrogens with one attached hydrogen (secondary N) is 2. The van der Waals surface area contributed by atoms with Gasteiger partial charge in [-0.3, -0.25) is 10.00 Å². The predicted molar refractivity (Wildman–Crippen MR) is 71.7 cm³/mol. The number of urea groups is 1. The molecule has 7 nitrogen and oxygen atoms in total. The van der Waals surface area contributed by atoms with Gasteiger partial charge in [0.25, 0.3) is 0 Å². The fourth-order valence-corrected chi connectivity index (χ4v) is 4.02. The highest BCUT2D eigenvalue weighted by Crippen LogP contribution is 2.17. The van der Waals surface area contributed by atoms with Crippen LogP contribution in [0.25, 0.3) is 0 Å². The normalized spacial score (nSPS) is 21.3. The first-order chi connectivity index (χ1) is 8.85. The van der Waals surface area contributed by atoms with Gasteiger partial charge in [0.05, 0.1) is 17.2 Å². The summed E-state index contributed by atoms with van der Waals surface area (Å²) in [5.74, 6) is 1.01. The number of rotatable bonds is 3. The van der Waals surface area contributed by atoms with Crippen molar-refractivity contribution in [3.63, 3.8) is 0 Å². The molecule has 1 saturated heterocycles. The predicted octanol–water partition coefficient (Wildman–Crippen LogP) is 0.285. The van der Waals surface area contributed by atoms with Crippen LogP contribution in [0.2, 0.25) is 0 Å². The van der Waals surface area contributed by atoms with Crippen LogP contribution in [0.5, 0.6) is 0 Å². The van der Waals surface area contributed by atoms with E-state index in [9.17, 15) is 13.2 Å². The molecule has 19 heavy (non-hydrogen) atoms. The monoisotopic (exact) mass is 286 g/mol. The SMILES string of the molecule is Cc1cc(NC(=O)NC[C@@H]2CCS(=O)(=O)C2)n(C)n1. The Bertz CT molecular complexity index is 579. The summed E-state index contributed by atoms with van der Waals surface area (Å²) >= 11 is 0. The van der Waals surface area contributed by atoms with Crippen LogP contribution >= 0.6 is 0 Å². The van der Waals surface area contributed by atoms with Gasteiger partial charge >= 0.3 is 6.03 Å². The Balaban J connectivity index is 1.81. The third-order valence-corrected chi connectivity index (χ3v) is 4.96. The fourth-order valence-electron chi connectivity index (χ4n) is 2.16. The Morgan fingerprint density at radius 2 is 2.32 bits per heavy atom. The van der Waals surface area contributed by atoms with Gasteiger partial charge in [0.2, 0.25) is 0 Å². The Labute approximate surface area is 112 Å². The molecule has 1 aliphatic rings. The third kappa shape index (κ3) is 3.69. The second kappa shape index (κ2) is 5.20. The van der Waals surface area contributed by atoms with Crippen molar-refractivity contribution in [1.29, 1.82) is 0 Å². The number of carbonyl (C=O) groups excluding carboxylic acids is 1. The van der Waals surface area contributed by atoms with Gasteiger partial charge in [0.15, 0.2) is 9.84 Å². The molecule has 0 radical (unpaired) electrons. The minimum Gasteiger partial charge on any atom is -0.338 e. The zero-order chi connectivity index (χ0) is 14.0. The summed E-state index contributed by atoms with van der Waals surface area (Å²) in [5.41, 5.74) is 0.819. The summed E-state index contributed by atoms with van der Waals surface area (Å²) in [6.45, 7) is 2.22. The maximum atomic E-state index is 11.7. The second-order valence-electron chi connectivity index (χ2n) is 4.90. The number of nitrogens with zero attached hydrogens (tertiary/aromatic N) is 2. The Hall–Kier alpha value is -1.57. The standard InChI is InChI=1S/C11H18N4O3S/c1-8-5-10(15(2)14-8)13-11(16)12-6-9-3-4-19(17,18)7-9/h5,9H,3-4,6-7H2,1-2H3,(H2,12,13,16)/t9-/m0/s1. The van der Waals surface area contributed by atoms with Gasteiger partial charge in [0.1, 0.15) is 5.82 Å². The van der Waals surface area contributed by atoms with E-state index in [0.29, 0.717) is 18.8 Å². The van der Waals surface area contributed by atoms with Crippen LogP contribution in [0.1, 0.15) is 12.1 Å². The van der Waals surface area contributed by atoms with Gasteiger partial charge in [-0.25, -0.2) is 13.2 Å². The summed E-state index contributed by atoms with van der Waals surface area (Å²) in [5, 5.41) is 9.48. The van der Waals surface area contributed by atoms with Gasteiger partial charge in [-0.1, -0.05) is 0 Å². The van der Waals surface area contributed by atoms with Crippen LogP contribution in [0.3, 0.4) is 0 Å². The summed E-state index contributed by atoms with van der Waals surface area (Å²) in [4.78, 5) is 11.7. The van der Waals surface area contributed by atoms with E-state index in [0.717, 1.165) is 5.69 Å². The number of aromatic nitrogens is 2. The van der Waals surface area contributed by atoms with Crippen molar-refractivity contribution in [3.05, 3.63) is 11.8 Å². The first-order valence-corrected chi connectivity index (χ1v) is 7.94. The molecule has 0 aromatic carbocycles. The van der Waals surface area contributed by atoms with Crippen molar-refractivity contribution in [2.45, 2.75) is 13.3 Å². The molecule has 0 aliphatic carbocycles. The lowest BCUT2D eigenvalue weighted by Gasteiger charge is -2.10. The van der Waals surface area contributed by atoms with Crippen molar-refractivity contribution in [2.24, 2.45) is 13.0 Å². The molecular formula is C11H18N4O3S. The van der Waals surface area contributed by atoms with E-state index in [2.05, 4.69) is 15.7 Å². The van der Waals surface area contributed by atoms with Crippen LogP contribution in [-0.4, -0.2) is 42.3 Å². The summed E-state index contributed by atoms with van der Waals surface area (Å²) in [6, 6.07) is 1.42. The van der Waals surface area contributed by atoms with Crippen molar-refractivity contribution < 1.29 is 13.2 Å². The zero-order valence-corrected chi connectivity index (χ0v) is 11.8. The highest BCUT2D eigenvalue weighted by Gasteiger charge is 2.27. The average molecular weight is 286 g/mol. The lowest BCUT2D eigenvalue weighted by atomic mass is 10.1. The molecule has 1 aromatic rings. The maximum absolute atomic E-state index is 11.7. The van der Waals surface area contributed by atoms with E-state index < -0.39 is 9.84 Å². The van der Waals surface area contributed by atoms with Gasteiger partial charge in [-0.2, -0.15) is 5.10 Å². The highest BCUT2D eigenvalue weighted by molar-refractivity contribution is 7.91. The molecule has 2 N–H and O–H groups in total. The van der Waals surface area contributed by atoms with E-state index in [1.54, 1.807) is 17.8 Å². The van der Waals surface area contributed by atoms with E-state index >= 15 is 0 Å². The number of carbonyl (C=O) groups is 1. The van der Waals surface area contributed by atoms with Crippen LogP contribution in [0, 0.1) is 12.8 Å². The van der Waals surface area contributed by atoms with Crippen molar-refractivity contribution >= 4 is 21.7 Å². The average Bonchev–Trinajstić information content (AvgIpc) is 2.79. The molecular weight excluding hydrogens is 268 g/mol. The molecule has 2 amide bonds. The number of hydrogen-bond acceptors (Lipinski definition) is 4. The number of anilines is 1. The van der Waals surface area contributed by atoms with Crippen LogP contribution in [-0.2, 0) is 16.9 Å². The largest absolute Gasteiger partial charge is 0.338 e. The van der Waals surface area contributed by atoms with Crippen LogP contribution < -0.4 is 10.6 Å². The molecule has 1 atom stereocenters. The van der Waals surface area contributed by atoms with Crippen LogP contribution in [0.4, 0.5) is 10.6 Å². The van der Waals surface area contributed by atoms with E-state index in [4.69, 9.17) is 0 Å². The summed E-state index contributed by atoms with van der Waals surface area (Å²) < 4.78 is 24.1. The number of amides is 2. The van der Waals surface area contributed by atoms with E-state index in [1.165, 1.54) is 0 Å². The molecule has 1 aliphatic heterocycles. The lowest BCUT2D eigenvalue weighted by molar-refractivity contribution is 0.250. The topological polar surface area (TPSA) is 93.1 Å². The molecule has 0 unspecified atom stereocenters. The molecule has 0 bridgehead atoms. The van der Waals surface area contributed by atoms with Gasteiger partial charge in [-0.05, 0) is 19.3 Å². The maximum Gasteiger partial charge on any atom is 0.320 e. The van der Waals surface area contributed by atoms with E-state index in [1.807, 2.05) is 6.92 Å². The third-order valence-electron chi connectivity index (χ3n) is 3.12. The molecule has 2 rings (SSSR count). The smallest absolute Gasteiger partial charge is 0.320 e. The number of hydrogen-bond donors (Lipinski definition) is 2. The first-order valence-electron chi connectivity index (χ1n) is 6.11. The van der Waals surface area contributed by atoms with Gasteiger partial charge in [-0.15, -0.1) is 0 Å². The number of sulfone groups is 1. The second-order valence-corrected chi connectivity index (χ2v) is 7.13. The van der Waals surface area contributed by atoms with E-state index in [-0.39, 0.29) is 23.5 Å². The Morgan fingerprint density at radius 3 is 2.84 bits per heavy atom. The number of aryl methyl sites for hydroxylation is 2. The van der Waals surface area contributed by atoms with Gasteiger partial charge < -0.3 is 5.32 Å². The highest BCUT2D eigenvalue weighted by atomic mass is 32.2. The molecule has 8 heteroatoms. The zero-order valence-electron chi connectivity index (χ0n) is 11.0. The summed E-state index contributed by atoms with van der Waals surface area (Å²) in [6.07, 6.45) is 0.618. The molecule has 0 spiro atoms. The summed E-state index contributed by atoms with van der Waals surface area (Å²) in [7, 11) is -1.15. The molecule has 1 aromatic heterocycles. The molecule has 0 saturated carbocycles. The van der Waals surface area contributed by atoms with Crippen molar-refractivity contribution in [3.8, 4) is 0 Å². The minimum atomic E-state index is -2.89. The van der Waals surface area contributed by atoms with Crippen LogP contribution in [0.15, 0.2) is 6.07 Å². The van der Waals surface area contributed by atoms with Gasteiger partial charge in [0, 0.05) is 19.7 Å². The van der Waals surface area contributed by atoms with Crippen molar-refractivity contribution in [1.82, 2.24) is 15.1 Å². The minimum absolute atomic E-state index is 0.0176. The molecule has 2 heterocycles. The molecule has 106 valence electrons. The quantitative estimate of drug-likeness (QED) is 0.835. The molecule has 1 fully saturated rings. The fraction of sp³-hybridized carbons (Fsp3) is 0.636. The lowest BCUT2D eigenvalue weighted by Crippen LogP contribution is -2.34. The first kappa shape index (κ1) is 13.9. The Kier molecular flexibility index (Phi) is 3.79. The van der Waals surface area contributed by atoms with Crippen molar-refractivity contribution in [2.75, 3.05) is 23.4 Å². The Morgan fingerprint density at radius 1 is 1.58 bits per heavy atom.